The SMILES string of the molecule is N#Cc1ccccc1-c1ccc(-c2c(-c3ccc4ccc5ccc(-c6ccccc6)nc5c4n3)ccc3c2-c2ccccc2C3(c2ccccc2)c2ccccc2)cc1. The summed E-state index contributed by atoms with van der Waals surface area (Å²) in [5, 5.41) is 12.1. The highest BCUT2D eigenvalue weighted by Gasteiger charge is 2.47. The highest BCUT2D eigenvalue weighted by atomic mass is 14.8. The van der Waals surface area contributed by atoms with Gasteiger partial charge in [-0.3, -0.25) is 0 Å². The molecule has 10 aromatic rings. The number of benzene rings is 8. The van der Waals surface area contributed by atoms with E-state index >= 15 is 0 Å². The first-order valence-electron chi connectivity index (χ1n) is 20.0. The quantitative estimate of drug-likeness (QED) is 0.159. The Morgan fingerprint density at radius 2 is 0.881 bits per heavy atom. The molecule has 1 aliphatic rings. The summed E-state index contributed by atoms with van der Waals surface area (Å²) in [4.78, 5) is 10.7. The van der Waals surface area contributed by atoms with Crippen molar-refractivity contribution in [2.24, 2.45) is 0 Å². The maximum absolute atomic E-state index is 9.96. The van der Waals surface area contributed by atoms with Crippen LogP contribution in [-0.4, -0.2) is 9.97 Å². The summed E-state index contributed by atoms with van der Waals surface area (Å²) in [6.07, 6.45) is 0. The molecule has 0 spiro atoms. The molecule has 8 aromatic carbocycles. The normalized spacial score (nSPS) is 12.5. The summed E-state index contributed by atoms with van der Waals surface area (Å²) in [6, 6.07) is 77.4. The number of nitriles is 1. The first-order valence-corrected chi connectivity index (χ1v) is 20.0. The van der Waals surface area contributed by atoms with Crippen molar-refractivity contribution < 1.29 is 0 Å². The molecule has 274 valence electrons. The van der Waals surface area contributed by atoms with Crippen LogP contribution >= 0.6 is 0 Å². The van der Waals surface area contributed by atoms with E-state index in [1.165, 1.54) is 33.4 Å². The van der Waals surface area contributed by atoms with Gasteiger partial charge < -0.3 is 0 Å². The standard InChI is InChI=1S/C56H35N3/c57-36-42-16-10-11-21-45(42)37-24-26-39(27-25-37)52-47(51-35-31-41-29-28-40-30-34-50(38-14-4-1-5-15-38)58-54(40)55(41)59-51)32-33-49-53(52)46-22-12-13-23-48(46)56(49,43-17-6-2-7-18-43)44-19-8-3-9-20-44/h1-35H. The van der Waals surface area contributed by atoms with E-state index in [1.807, 2.05) is 42.5 Å². The number of hydrogen-bond donors (Lipinski definition) is 0. The molecule has 0 saturated carbocycles. The summed E-state index contributed by atoms with van der Waals surface area (Å²) in [5.74, 6) is 0. The van der Waals surface area contributed by atoms with Crippen molar-refractivity contribution in [3.8, 4) is 62.0 Å². The van der Waals surface area contributed by atoms with E-state index in [0.29, 0.717) is 5.56 Å². The molecule has 2 aromatic heterocycles. The van der Waals surface area contributed by atoms with Crippen LogP contribution in [0.4, 0.5) is 0 Å². The second-order valence-electron chi connectivity index (χ2n) is 15.1. The average molecular weight is 750 g/mol. The molecule has 0 amide bonds. The van der Waals surface area contributed by atoms with Crippen molar-refractivity contribution in [2.75, 3.05) is 0 Å². The zero-order valence-corrected chi connectivity index (χ0v) is 32.0. The highest BCUT2D eigenvalue weighted by Crippen LogP contribution is 2.59. The van der Waals surface area contributed by atoms with E-state index in [4.69, 9.17) is 9.97 Å². The molecule has 1 aliphatic carbocycles. The van der Waals surface area contributed by atoms with Gasteiger partial charge in [-0.1, -0.05) is 194 Å². The average Bonchev–Trinajstić information content (AvgIpc) is 3.63. The number of rotatable bonds is 6. The number of hydrogen-bond acceptors (Lipinski definition) is 3. The summed E-state index contributed by atoms with van der Waals surface area (Å²) in [7, 11) is 0. The Morgan fingerprint density at radius 1 is 0.356 bits per heavy atom. The van der Waals surface area contributed by atoms with Crippen LogP contribution in [0.15, 0.2) is 212 Å². The summed E-state index contributed by atoms with van der Waals surface area (Å²) < 4.78 is 0. The lowest BCUT2D eigenvalue weighted by atomic mass is 9.67. The van der Waals surface area contributed by atoms with E-state index < -0.39 is 5.41 Å². The Morgan fingerprint density at radius 3 is 1.54 bits per heavy atom. The van der Waals surface area contributed by atoms with Gasteiger partial charge in [0.2, 0.25) is 0 Å². The lowest BCUT2D eigenvalue weighted by Crippen LogP contribution is -2.28. The van der Waals surface area contributed by atoms with Gasteiger partial charge in [0.25, 0.3) is 0 Å². The summed E-state index contributed by atoms with van der Waals surface area (Å²) in [6.45, 7) is 0. The second kappa shape index (κ2) is 13.9. The maximum atomic E-state index is 9.96. The van der Waals surface area contributed by atoms with E-state index in [-0.39, 0.29) is 0 Å². The predicted molar refractivity (Wildman–Crippen MR) is 241 cm³/mol. The molecular weight excluding hydrogens is 715 g/mol. The van der Waals surface area contributed by atoms with Crippen LogP contribution in [0.25, 0.3) is 77.7 Å². The van der Waals surface area contributed by atoms with E-state index in [0.717, 1.165) is 66.6 Å². The van der Waals surface area contributed by atoms with Crippen LogP contribution in [0.3, 0.4) is 0 Å². The smallest absolute Gasteiger partial charge is 0.0998 e. The molecule has 0 aliphatic heterocycles. The van der Waals surface area contributed by atoms with Gasteiger partial charge >= 0.3 is 0 Å². The van der Waals surface area contributed by atoms with Gasteiger partial charge in [0.05, 0.1) is 39.5 Å². The topological polar surface area (TPSA) is 49.6 Å². The molecule has 0 fully saturated rings. The Hall–Kier alpha value is -7.93. The molecule has 3 heteroatoms. The van der Waals surface area contributed by atoms with Crippen molar-refractivity contribution in [1.82, 2.24) is 9.97 Å². The van der Waals surface area contributed by atoms with Crippen molar-refractivity contribution in [2.45, 2.75) is 5.41 Å². The number of nitrogens with zero attached hydrogens (tertiary/aromatic N) is 3. The molecule has 0 bridgehead atoms. The Kier molecular flexibility index (Phi) is 8.10. The van der Waals surface area contributed by atoms with Crippen molar-refractivity contribution in [3.63, 3.8) is 0 Å². The number of pyridine rings is 2. The third-order valence-corrected chi connectivity index (χ3v) is 12.0. The number of aromatic nitrogens is 2. The largest absolute Gasteiger partial charge is 0.245 e. The fraction of sp³-hybridized carbons (Fsp3) is 0.0179. The van der Waals surface area contributed by atoms with E-state index in [2.05, 4.69) is 176 Å². The first kappa shape index (κ1) is 34.3. The zero-order valence-electron chi connectivity index (χ0n) is 32.0. The molecule has 11 rings (SSSR count). The lowest BCUT2D eigenvalue weighted by Gasteiger charge is -2.34. The van der Waals surface area contributed by atoms with Crippen molar-refractivity contribution >= 4 is 21.8 Å². The Bertz CT molecular complexity index is 3220. The third-order valence-electron chi connectivity index (χ3n) is 12.0. The minimum atomic E-state index is -0.557. The second-order valence-corrected chi connectivity index (χ2v) is 15.1. The third kappa shape index (κ3) is 5.42. The maximum Gasteiger partial charge on any atom is 0.0998 e. The minimum Gasteiger partial charge on any atom is -0.245 e. The summed E-state index contributed by atoms with van der Waals surface area (Å²) >= 11 is 0. The molecule has 0 unspecified atom stereocenters. The van der Waals surface area contributed by atoms with Crippen molar-refractivity contribution in [3.05, 3.63) is 240 Å². The van der Waals surface area contributed by atoms with Crippen LogP contribution in [0.2, 0.25) is 0 Å². The minimum absolute atomic E-state index is 0.557. The molecule has 0 atom stereocenters. The lowest BCUT2D eigenvalue weighted by molar-refractivity contribution is 0.768. The van der Waals surface area contributed by atoms with Gasteiger partial charge in [-0.25, -0.2) is 9.97 Å². The van der Waals surface area contributed by atoms with Crippen LogP contribution in [-0.2, 0) is 5.41 Å². The van der Waals surface area contributed by atoms with Gasteiger partial charge in [-0.2, -0.15) is 5.26 Å². The van der Waals surface area contributed by atoms with Crippen LogP contribution in [0.5, 0.6) is 0 Å². The van der Waals surface area contributed by atoms with Crippen LogP contribution in [0.1, 0.15) is 27.8 Å². The molecule has 0 saturated heterocycles. The van der Waals surface area contributed by atoms with Crippen LogP contribution in [0, 0.1) is 11.3 Å². The molecule has 0 radical (unpaired) electrons. The monoisotopic (exact) mass is 749 g/mol. The van der Waals surface area contributed by atoms with Crippen LogP contribution < -0.4 is 0 Å². The molecule has 59 heavy (non-hydrogen) atoms. The first-order chi connectivity index (χ1) is 29.2. The fourth-order valence-electron chi connectivity index (χ4n) is 9.38. The molecular formula is C56H35N3. The van der Waals surface area contributed by atoms with Gasteiger partial charge in [-0.15, -0.1) is 0 Å². The highest BCUT2D eigenvalue weighted by molar-refractivity contribution is 6.06. The Balaban J connectivity index is 1.21. The van der Waals surface area contributed by atoms with Gasteiger partial charge in [0.1, 0.15) is 0 Å². The Labute approximate surface area is 343 Å². The summed E-state index contributed by atoms with van der Waals surface area (Å²) in [5.41, 5.74) is 17.2. The zero-order chi connectivity index (χ0) is 39.3. The fourth-order valence-corrected chi connectivity index (χ4v) is 9.38. The van der Waals surface area contributed by atoms with E-state index in [9.17, 15) is 5.26 Å². The van der Waals surface area contributed by atoms with Gasteiger partial charge in [0.15, 0.2) is 0 Å². The molecule has 0 N–H and O–H groups in total. The van der Waals surface area contributed by atoms with Crippen molar-refractivity contribution in [1.29, 1.82) is 5.26 Å². The van der Waals surface area contributed by atoms with Gasteiger partial charge in [-0.05, 0) is 73.8 Å². The number of fused-ring (bicyclic) bond motifs is 6. The molecule has 2 heterocycles. The predicted octanol–water partition coefficient (Wildman–Crippen LogP) is 13.7. The molecule has 3 nitrogen and oxygen atoms in total. The van der Waals surface area contributed by atoms with Gasteiger partial charge in [0, 0.05) is 21.9 Å². The van der Waals surface area contributed by atoms with E-state index in [1.54, 1.807) is 0 Å².